The molecule has 0 radical (unpaired) electrons. The van der Waals surface area contributed by atoms with Crippen molar-refractivity contribution in [2.45, 2.75) is 45.2 Å². The number of fused-ring (bicyclic) bond motifs is 1. The van der Waals surface area contributed by atoms with Crippen LogP contribution in [0.5, 0.6) is 0 Å². The molecule has 2 heterocycles. The first kappa shape index (κ1) is 20.6. The number of rotatable bonds is 5. The van der Waals surface area contributed by atoms with E-state index in [9.17, 15) is 14.4 Å². The summed E-state index contributed by atoms with van der Waals surface area (Å²) in [6.07, 6.45) is 3.00. The quantitative estimate of drug-likeness (QED) is 0.746. The van der Waals surface area contributed by atoms with Crippen molar-refractivity contribution in [3.63, 3.8) is 0 Å². The summed E-state index contributed by atoms with van der Waals surface area (Å²) in [5.41, 5.74) is 0. The van der Waals surface area contributed by atoms with Crippen molar-refractivity contribution in [2.24, 2.45) is 0 Å². The maximum absolute atomic E-state index is 12.4. The van der Waals surface area contributed by atoms with Gasteiger partial charge in [-0.15, -0.1) is 11.3 Å². The van der Waals surface area contributed by atoms with Crippen molar-refractivity contribution < 1.29 is 19.1 Å². The van der Waals surface area contributed by atoms with Gasteiger partial charge in [0.05, 0.1) is 5.02 Å². The molecule has 1 fully saturated rings. The summed E-state index contributed by atoms with van der Waals surface area (Å²) in [5, 5.41) is 3.68. The Bertz CT molecular complexity index is 887. The molecule has 0 spiro atoms. The van der Waals surface area contributed by atoms with Gasteiger partial charge in [-0.25, -0.2) is 0 Å². The molecule has 1 aliphatic heterocycles. The minimum atomic E-state index is -0.656. The molecule has 8 heteroatoms. The van der Waals surface area contributed by atoms with E-state index in [4.69, 9.17) is 16.3 Å². The number of thiophene rings is 1. The summed E-state index contributed by atoms with van der Waals surface area (Å²) >= 11 is 7.53. The monoisotopic (exact) mass is 422 g/mol. The van der Waals surface area contributed by atoms with Crippen LogP contribution in [0.15, 0.2) is 24.3 Å². The van der Waals surface area contributed by atoms with Gasteiger partial charge in [0.15, 0.2) is 6.61 Å². The van der Waals surface area contributed by atoms with Crippen LogP contribution in [0, 0.1) is 0 Å². The lowest BCUT2D eigenvalue weighted by atomic mass is 9.97. The van der Waals surface area contributed by atoms with Crippen molar-refractivity contribution >= 4 is 50.8 Å². The average Bonchev–Trinajstić information content (AvgIpc) is 3.01. The van der Waals surface area contributed by atoms with Crippen LogP contribution in [-0.4, -0.2) is 47.9 Å². The fraction of sp³-hybridized carbons (Fsp3) is 0.450. The Labute approximate surface area is 172 Å². The van der Waals surface area contributed by atoms with E-state index >= 15 is 0 Å². The SMILES string of the molecule is C[C@@H]1CCC[C@H](C)N1C(=O)COC(=O)CNC(=O)c1sc2ccccc2c1Cl. The Kier molecular flexibility index (Phi) is 6.57. The lowest BCUT2D eigenvalue weighted by Gasteiger charge is -2.38. The number of hydrogen-bond acceptors (Lipinski definition) is 5. The van der Waals surface area contributed by atoms with E-state index in [1.165, 1.54) is 11.3 Å². The molecule has 1 aromatic heterocycles. The third kappa shape index (κ3) is 4.47. The van der Waals surface area contributed by atoms with Gasteiger partial charge in [0.2, 0.25) is 0 Å². The maximum atomic E-state index is 12.4. The molecule has 2 aromatic rings. The topological polar surface area (TPSA) is 75.7 Å². The second-order valence-electron chi connectivity index (χ2n) is 7.01. The highest BCUT2D eigenvalue weighted by Crippen LogP contribution is 2.34. The number of likely N-dealkylation sites (tertiary alicyclic amines) is 1. The zero-order chi connectivity index (χ0) is 20.3. The molecule has 150 valence electrons. The second kappa shape index (κ2) is 8.92. The zero-order valence-electron chi connectivity index (χ0n) is 15.9. The van der Waals surface area contributed by atoms with Crippen LogP contribution < -0.4 is 5.32 Å². The molecule has 1 saturated heterocycles. The number of carbonyl (C=O) groups is 3. The number of halogens is 1. The summed E-state index contributed by atoms with van der Waals surface area (Å²) in [6, 6.07) is 7.73. The van der Waals surface area contributed by atoms with Crippen molar-refractivity contribution in [2.75, 3.05) is 13.2 Å². The number of benzene rings is 1. The number of ether oxygens (including phenoxy) is 1. The molecule has 1 aliphatic rings. The van der Waals surface area contributed by atoms with Crippen LogP contribution in [0.3, 0.4) is 0 Å². The predicted molar refractivity (Wildman–Crippen MR) is 110 cm³/mol. The minimum Gasteiger partial charge on any atom is -0.454 e. The summed E-state index contributed by atoms with van der Waals surface area (Å²) in [6.45, 7) is 3.38. The first-order chi connectivity index (χ1) is 13.4. The lowest BCUT2D eigenvalue weighted by Crippen LogP contribution is -2.49. The fourth-order valence-corrected chi connectivity index (χ4v) is 5.01. The number of carbonyl (C=O) groups excluding carboxylic acids is 3. The highest BCUT2D eigenvalue weighted by Gasteiger charge is 2.29. The van der Waals surface area contributed by atoms with E-state index in [-0.39, 0.29) is 31.1 Å². The van der Waals surface area contributed by atoms with Crippen LogP contribution in [0.1, 0.15) is 42.8 Å². The smallest absolute Gasteiger partial charge is 0.325 e. The Morgan fingerprint density at radius 1 is 1.21 bits per heavy atom. The van der Waals surface area contributed by atoms with Gasteiger partial charge in [0.1, 0.15) is 11.4 Å². The largest absolute Gasteiger partial charge is 0.454 e. The van der Waals surface area contributed by atoms with E-state index in [0.29, 0.717) is 9.90 Å². The molecule has 28 heavy (non-hydrogen) atoms. The average molecular weight is 423 g/mol. The highest BCUT2D eigenvalue weighted by molar-refractivity contribution is 7.21. The highest BCUT2D eigenvalue weighted by atomic mass is 35.5. The van der Waals surface area contributed by atoms with Gasteiger partial charge in [-0.2, -0.15) is 0 Å². The number of esters is 1. The van der Waals surface area contributed by atoms with Crippen molar-refractivity contribution in [3.05, 3.63) is 34.2 Å². The number of amides is 2. The van der Waals surface area contributed by atoms with Gasteiger partial charge in [0.25, 0.3) is 11.8 Å². The summed E-state index contributed by atoms with van der Waals surface area (Å²) in [7, 11) is 0. The minimum absolute atomic E-state index is 0.143. The molecule has 0 aliphatic carbocycles. The van der Waals surface area contributed by atoms with Crippen LogP contribution >= 0.6 is 22.9 Å². The standard InChI is InChI=1S/C20H23ClN2O4S/c1-12-6-5-7-13(2)23(12)16(24)11-27-17(25)10-22-20(26)19-18(21)14-8-3-4-9-15(14)28-19/h3-4,8-9,12-13H,5-7,10-11H2,1-2H3,(H,22,26)/t12-,13+. The van der Waals surface area contributed by atoms with E-state index in [2.05, 4.69) is 5.32 Å². The zero-order valence-corrected chi connectivity index (χ0v) is 17.4. The van der Waals surface area contributed by atoms with Gasteiger partial charge in [-0.1, -0.05) is 29.8 Å². The summed E-state index contributed by atoms with van der Waals surface area (Å²) in [4.78, 5) is 38.8. The normalized spacial score (nSPS) is 19.5. The molecule has 0 unspecified atom stereocenters. The van der Waals surface area contributed by atoms with Crippen LogP contribution in [0.25, 0.3) is 10.1 Å². The number of nitrogens with zero attached hydrogens (tertiary/aromatic N) is 1. The van der Waals surface area contributed by atoms with Crippen molar-refractivity contribution in [3.8, 4) is 0 Å². The molecule has 0 saturated carbocycles. The summed E-state index contributed by atoms with van der Waals surface area (Å²) < 4.78 is 5.95. The Balaban J connectivity index is 1.50. The van der Waals surface area contributed by atoms with Crippen molar-refractivity contribution in [1.29, 1.82) is 0 Å². The van der Waals surface area contributed by atoms with Crippen molar-refractivity contribution in [1.82, 2.24) is 10.2 Å². The molecule has 0 bridgehead atoms. The first-order valence-corrected chi connectivity index (χ1v) is 10.5. The fourth-order valence-electron chi connectivity index (χ4n) is 3.57. The molecule has 1 N–H and O–H groups in total. The second-order valence-corrected chi connectivity index (χ2v) is 8.44. The van der Waals surface area contributed by atoms with Gasteiger partial charge in [-0.05, 0) is 39.2 Å². The Morgan fingerprint density at radius 3 is 2.57 bits per heavy atom. The van der Waals surface area contributed by atoms with E-state index in [1.807, 2.05) is 38.1 Å². The molecule has 2 amide bonds. The van der Waals surface area contributed by atoms with E-state index in [0.717, 1.165) is 29.3 Å². The van der Waals surface area contributed by atoms with E-state index in [1.54, 1.807) is 4.90 Å². The molecular weight excluding hydrogens is 400 g/mol. The summed E-state index contributed by atoms with van der Waals surface area (Å²) in [5.74, 6) is -1.30. The van der Waals surface area contributed by atoms with E-state index < -0.39 is 11.9 Å². The molecule has 6 nitrogen and oxygen atoms in total. The van der Waals surface area contributed by atoms with Gasteiger partial charge < -0.3 is 15.0 Å². The predicted octanol–water partition coefficient (Wildman–Crippen LogP) is 3.62. The van der Waals surface area contributed by atoms with Gasteiger partial charge >= 0.3 is 5.97 Å². The van der Waals surface area contributed by atoms with Crippen LogP contribution in [0.4, 0.5) is 0 Å². The van der Waals surface area contributed by atoms with Crippen LogP contribution in [0.2, 0.25) is 5.02 Å². The molecule has 3 rings (SSSR count). The molecule has 2 atom stereocenters. The number of nitrogens with one attached hydrogen (secondary N) is 1. The van der Waals surface area contributed by atoms with Gasteiger partial charge in [0, 0.05) is 22.2 Å². The Hall–Kier alpha value is -2.12. The first-order valence-electron chi connectivity index (χ1n) is 9.30. The lowest BCUT2D eigenvalue weighted by molar-refractivity contribution is -0.154. The maximum Gasteiger partial charge on any atom is 0.325 e. The molecule has 1 aromatic carbocycles. The van der Waals surface area contributed by atoms with Crippen LogP contribution in [-0.2, 0) is 14.3 Å². The number of hydrogen-bond donors (Lipinski definition) is 1. The number of piperidine rings is 1. The molecular formula is C20H23ClN2O4S. The Morgan fingerprint density at radius 2 is 1.89 bits per heavy atom. The third-order valence-electron chi connectivity index (χ3n) is 4.97. The van der Waals surface area contributed by atoms with Gasteiger partial charge in [-0.3, -0.25) is 14.4 Å². The third-order valence-corrected chi connectivity index (χ3v) is 6.65.